The molecule has 2 heterocycles. The van der Waals surface area contributed by atoms with Crippen molar-refractivity contribution in [2.45, 2.75) is 64.1 Å². The third-order valence-corrected chi connectivity index (χ3v) is 7.61. The zero-order valence-corrected chi connectivity index (χ0v) is 19.9. The van der Waals surface area contributed by atoms with Gasteiger partial charge in [-0.2, -0.15) is 13.2 Å². The highest BCUT2D eigenvalue weighted by molar-refractivity contribution is 7.11. The molecular formula is C23H26F3N3O4S. The minimum Gasteiger partial charge on any atom is -0.496 e. The highest BCUT2D eigenvalue weighted by atomic mass is 32.1. The van der Waals surface area contributed by atoms with Crippen LogP contribution in [0.25, 0.3) is 11.4 Å². The van der Waals surface area contributed by atoms with Crippen LogP contribution in [-0.4, -0.2) is 28.4 Å². The molecule has 1 atom stereocenters. The Hall–Kier alpha value is -2.82. The molecule has 0 bridgehead atoms. The molecule has 0 aliphatic heterocycles. The molecule has 1 saturated carbocycles. The maximum Gasteiger partial charge on any atom is 0.439 e. The van der Waals surface area contributed by atoms with E-state index in [1.54, 1.807) is 18.2 Å². The molecule has 0 radical (unpaired) electrons. The lowest BCUT2D eigenvalue weighted by atomic mass is 9.82. The number of hydrogen-bond acceptors (Lipinski definition) is 7. The number of halogens is 3. The molecule has 34 heavy (non-hydrogen) atoms. The second-order valence-electron chi connectivity index (χ2n) is 8.41. The quantitative estimate of drug-likeness (QED) is 0.420. The van der Waals surface area contributed by atoms with E-state index in [9.17, 15) is 18.0 Å². The van der Waals surface area contributed by atoms with Gasteiger partial charge in [0.15, 0.2) is 5.82 Å². The van der Waals surface area contributed by atoms with Gasteiger partial charge in [-0.25, -0.2) is 9.78 Å². The monoisotopic (exact) mass is 497 g/mol. The molecule has 0 spiro atoms. The fraction of sp³-hybridized carbons (Fsp3) is 0.522. The molecule has 1 aliphatic rings. The molecule has 7 nitrogen and oxygen atoms in total. The van der Waals surface area contributed by atoms with Crippen LogP contribution < -0.4 is 15.2 Å². The molecule has 11 heteroatoms. The third kappa shape index (κ3) is 5.13. The lowest BCUT2D eigenvalue weighted by Gasteiger charge is -2.28. The maximum atomic E-state index is 13.0. The summed E-state index contributed by atoms with van der Waals surface area (Å²) in [4.78, 5) is 19.4. The number of ether oxygens (including phenoxy) is 2. The van der Waals surface area contributed by atoms with Crippen LogP contribution in [0.15, 0.2) is 27.5 Å². The van der Waals surface area contributed by atoms with Crippen molar-refractivity contribution in [1.82, 2.24) is 15.1 Å². The van der Waals surface area contributed by atoms with E-state index >= 15 is 0 Å². The molecule has 0 amide bonds. The van der Waals surface area contributed by atoms with Crippen molar-refractivity contribution < 1.29 is 27.2 Å². The SMILES string of the molecule is CCC(Oc1ccc(-c2noc(=O)[nH]2)c(OC)c1)c1sc(C2CCC(C(F)(F)F)CC2)nc1C. The first-order chi connectivity index (χ1) is 16.2. The zero-order valence-electron chi connectivity index (χ0n) is 19.1. The van der Waals surface area contributed by atoms with Crippen molar-refractivity contribution in [3.8, 4) is 22.9 Å². The molecular weight excluding hydrogens is 471 g/mol. The first-order valence-corrected chi connectivity index (χ1v) is 12.0. The maximum absolute atomic E-state index is 13.0. The number of aromatic amines is 1. The van der Waals surface area contributed by atoms with Crippen LogP contribution in [0.4, 0.5) is 13.2 Å². The van der Waals surface area contributed by atoms with Gasteiger partial charge in [-0.05, 0) is 51.2 Å². The van der Waals surface area contributed by atoms with Crippen molar-refractivity contribution in [1.29, 1.82) is 0 Å². The molecule has 4 rings (SSSR count). The second kappa shape index (κ2) is 9.81. The van der Waals surface area contributed by atoms with Gasteiger partial charge in [-0.1, -0.05) is 12.1 Å². The molecule has 2 aromatic heterocycles. The Morgan fingerprint density at radius 2 is 2.00 bits per heavy atom. The normalized spacial score (nSPS) is 19.7. The van der Waals surface area contributed by atoms with Gasteiger partial charge >= 0.3 is 11.9 Å². The summed E-state index contributed by atoms with van der Waals surface area (Å²) < 4.78 is 55.3. The Balaban J connectivity index is 1.50. The summed E-state index contributed by atoms with van der Waals surface area (Å²) in [6, 6.07) is 5.18. The smallest absolute Gasteiger partial charge is 0.439 e. The van der Waals surface area contributed by atoms with E-state index in [2.05, 4.69) is 14.7 Å². The number of benzene rings is 1. The summed E-state index contributed by atoms with van der Waals surface area (Å²) in [5.74, 6) is -0.532. The van der Waals surface area contributed by atoms with Crippen molar-refractivity contribution in [2.75, 3.05) is 7.11 Å². The van der Waals surface area contributed by atoms with Crippen molar-refractivity contribution >= 4 is 11.3 Å². The molecule has 1 aliphatic carbocycles. The fourth-order valence-electron chi connectivity index (χ4n) is 4.34. The van der Waals surface area contributed by atoms with Gasteiger partial charge in [-0.15, -0.1) is 11.3 Å². The molecule has 0 saturated heterocycles. The van der Waals surface area contributed by atoms with Gasteiger partial charge in [0.1, 0.15) is 17.6 Å². The lowest BCUT2D eigenvalue weighted by molar-refractivity contribution is -0.182. The van der Waals surface area contributed by atoms with E-state index in [4.69, 9.17) is 14.5 Å². The number of hydrogen-bond donors (Lipinski definition) is 1. The predicted molar refractivity (Wildman–Crippen MR) is 120 cm³/mol. The average Bonchev–Trinajstić information content (AvgIpc) is 3.42. The Labute approximate surface area is 198 Å². The summed E-state index contributed by atoms with van der Waals surface area (Å²) in [6.45, 7) is 3.91. The van der Waals surface area contributed by atoms with Gasteiger partial charge in [0.25, 0.3) is 0 Å². The molecule has 3 aromatic rings. The first-order valence-electron chi connectivity index (χ1n) is 11.1. The standard InChI is InChI=1S/C23H26F3N3O4S/c1-4-17(32-15-9-10-16(18(11-15)31-3)20-28-22(30)33-29-20)19-12(2)27-21(34-19)13-5-7-14(8-6-13)23(24,25)26/h9-11,13-14,17H,4-8H2,1-3H3,(H,28,29,30). The lowest BCUT2D eigenvalue weighted by Crippen LogP contribution is -2.27. The Kier molecular flexibility index (Phi) is 7.01. The van der Waals surface area contributed by atoms with Gasteiger partial charge < -0.3 is 9.47 Å². The molecule has 184 valence electrons. The largest absolute Gasteiger partial charge is 0.496 e. The number of thiazole rings is 1. The number of nitrogens with zero attached hydrogens (tertiary/aromatic N) is 2. The van der Waals surface area contributed by atoms with E-state index in [1.165, 1.54) is 18.4 Å². The summed E-state index contributed by atoms with van der Waals surface area (Å²) in [5, 5.41) is 4.58. The van der Waals surface area contributed by atoms with Gasteiger partial charge in [0, 0.05) is 12.0 Å². The van der Waals surface area contributed by atoms with Crippen molar-refractivity contribution in [3.63, 3.8) is 0 Å². The zero-order chi connectivity index (χ0) is 24.5. The van der Waals surface area contributed by atoms with Crippen LogP contribution in [-0.2, 0) is 0 Å². The minimum atomic E-state index is -4.12. The van der Waals surface area contributed by atoms with Crippen LogP contribution in [0.2, 0.25) is 0 Å². The van der Waals surface area contributed by atoms with E-state index in [0.29, 0.717) is 36.3 Å². The Morgan fingerprint density at radius 3 is 2.59 bits per heavy atom. The van der Waals surface area contributed by atoms with Crippen molar-refractivity contribution in [2.24, 2.45) is 5.92 Å². The van der Waals surface area contributed by atoms with E-state index in [-0.39, 0.29) is 30.7 Å². The number of H-pyrrole nitrogens is 1. The summed E-state index contributed by atoms with van der Waals surface area (Å²) >= 11 is 1.53. The summed E-state index contributed by atoms with van der Waals surface area (Å²) in [7, 11) is 1.51. The summed E-state index contributed by atoms with van der Waals surface area (Å²) in [5.41, 5.74) is 1.40. The summed E-state index contributed by atoms with van der Waals surface area (Å²) in [6.07, 6.45) is -2.40. The van der Waals surface area contributed by atoms with Crippen LogP contribution in [0, 0.1) is 12.8 Å². The second-order valence-corrected chi connectivity index (χ2v) is 9.47. The highest BCUT2D eigenvalue weighted by Gasteiger charge is 2.42. The van der Waals surface area contributed by atoms with Gasteiger partial charge in [0.2, 0.25) is 0 Å². The average molecular weight is 498 g/mol. The van der Waals surface area contributed by atoms with Crippen molar-refractivity contribution in [3.05, 3.63) is 44.3 Å². The number of rotatable bonds is 7. The molecule has 1 aromatic carbocycles. The van der Waals surface area contributed by atoms with Crippen LogP contribution in [0.5, 0.6) is 11.5 Å². The van der Waals surface area contributed by atoms with Crippen LogP contribution in [0.3, 0.4) is 0 Å². The predicted octanol–water partition coefficient (Wildman–Crippen LogP) is 6.17. The highest BCUT2D eigenvalue weighted by Crippen LogP contribution is 2.45. The topological polar surface area (TPSA) is 90.2 Å². The number of aryl methyl sites for hydroxylation is 1. The Morgan fingerprint density at radius 1 is 1.26 bits per heavy atom. The molecule has 1 unspecified atom stereocenters. The van der Waals surface area contributed by atoms with E-state index in [1.807, 2.05) is 13.8 Å². The fourth-order valence-corrected chi connectivity index (χ4v) is 5.69. The molecule has 1 N–H and O–H groups in total. The van der Waals surface area contributed by atoms with Gasteiger partial charge in [0.05, 0.1) is 34.2 Å². The first kappa shape index (κ1) is 24.3. The minimum absolute atomic E-state index is 0.0533. The van der Waals surface area contributed by atoms with Gasteiger partial charge in [-0.3, -0.25) is 9.51 Å². The van der Waals surface area contributed by atoms with E-state index in [0.717, 1.165) is 15.6 Å². The number of nitrogens with one attached hydrogen (secondary N) is 1. The number of alkyl halides is 3. The van der Waals surface area contributed by atoms with Crippen LogP contribution in [0.1, 0.15) is 66.6 Å². The number of methoxy groups -OCH3 is 1. The third-order valence-electron chi connectivity index (χ3n) is 6.20. The molecule has 1 fully saturated rings. The van der Waals surface area contributed by atoms with Crippen LogP contribution >= 0.6 is 11.3 Å². The van der Waals surface area contributed by atoms with E-state index < -0.39 is 17.9 Å². The Bertz CT molecular complexity index is 1180. The number of aromatic nitrogens is 3.